The summed E-state index contributed by atoms with van der Waals surface area (Å²) in [6.07, 6.45) is 0.834. The third kappa shape index (κ3) is 5.03. The molecule has 3 rings (SSSR count). The van der Waals surface area contributed by atoms with Gasteiger partial charge in [-0.05, 0) is 36.8 Å². The number of hydrogen-bond donors (Lipinski definition) is 0. The molecule has 172 valence electrons. The fourth-order valence-electron chi connectivity index (χ4n) is 3.18. The summed E-state index contributed by atoms with van der Waals surface area (Å²) in [6.45, 7) is 2.34. The molecular weight excluding hydrogens is 434 g/mol. The van der Waals surface area contributed by atoms with E-state index in [1.807, 2.05) is 11.5 Å². The number of fused-ring (bicyclic) bond motifs is 1. The number of nitrogens with zero attached hydrogens (tertiary/aromatic N) is 3. The van der Waals surface area contributed by atoms with E-state index >= 15 is 0 Å². The van der Waals surface area contributed by atoms with Gasteiger partial charge in [-0.25, -0.2) is 22.5 Å². The van der Waals surface area contributed by atoms with Crippen LogP contribution in [0.4, 0.5) is 0 Å². The van der Waals surface area contributed by atoms with Crippen molar-refractivity contribution in [2.75, 3.05) is 27.8 Å². The number of hydrogen-bond acceptors (Lipinski definition) is 7. The van der Waals surface area contributed by atoms with Crippen LogP contribution in [0.5, 0.6) is 11.5 Å². The van der Waals surface area contributed by atoms with E-state index in [2.05, 4.69) is 4.98 Å². The van der Waals surface area contributed by atoms with Crippen molar-refractivity contribution in [3.05, 3.63) is 48.3 Å². The van der Waals surface area contributed by atoms with E-state index in [9.17, 15) is 13.2 Å². The van der Waals surface area contributed by atoms with Gasteiger partial charge in [0.25, 0.3) is 0 Å². The van der Waals surface area contributed by atoms with Crippen molar-refractivity contribution in [3.63, 3.8) is 0 Å². The van der Waals surface area contributed by atoms with Crippen molar-refractivity contribution < 1.29 is 27.4 Å². The molecule has 0 aliphatic rings. The van der Waals surface area contributed by atoms with Gasteiger partial charge >= 0.3 is 5.97 Å². The van der Waals surface area contributed by atoms with E-state index in [0.29, 0.717) is 29.4 Å². The molecule has 10 heteroatoms. The maximum absolute atomic E-state index is 12.4. The fourth-order valence-corrected chi connectivity index (χ4v) is 4.10. The number of esters is 1. The quantitative estimate of drug-likeness (QED) is 0.428. The van der Waals surface area contributed by atoms with Gasteiger partial charge in [0.05, 0.1) is 23.0 Å². The minimum absolute atomic E-state index is 0.0570. The number of rotatable bonds is 10. The Kier molecular flexibility index (Phi) is 7.37. The minimum atomic E-state index is -3.58. The average molecular weight is 462 g/mol. The van der Waals surface area contributed by atoms with Crippen molar-refractivity contribution in [3.8, 4) is 11.5 Å². The van der Waals surface area contributed by atoms with Gasteiger partial charge in [0, 0.05) is 20.6 Å². The molecular formula is C22H27N3O6S. The Morgan fingerprint density at radius 3 is 2.50 bits per heavy atom. The Labute approximate surface area is 187 Å². The van der Waals surface area contributed by atoms with E-state index in [4.69, 9.17) is 14.2 Å². The Morgan fingerprint density at radius 2 is 1.84 bits per heavy atom. The fraction of sp³-hybridized carbons (Fsp3) is 0.364. The largest absolute Gasteiger partial charge is 0.493 e. The Balaban J connectivity index is 1.75. The Hall–Kier alpha value is -3.11. The molecule has 0 aliphatic heterocycles. The summed E-state index contributed by atoms with van der Waals surface area (Å²) in [5.41, 5.74) is 1.30. The molecule has 0 bridgehead atoms. The number of imidazole rings is 1. The van der Waals surface area contributed by atoms with Crippen LogP contribution in [0.1, 0.15) is 19.2 Å². The lowest BCUT2D eigenvalue weighted by Gasteiger charge is -2.12. The van der Waals surface area contributed by atoms with Crippen molar-refractivity contribution in [1.82, 2.24) is 13.9 Å². The highest BCUT2D eigenvalue weighted by Gasteiger charge is 2.20. The van der Waals surface area contributed by atoms with Crippen LogP contribution in [0, 0.1) is 0 Å². The minimum Gasteiger partial charge on any atom is -0.493 e. The van der Waals surface area contributed by atoms with Crippen LogP contribution >= 0.6 is 0 Å². The number of sulfonamides is 1. The Morgan fingerprint density at radius 1 is 1.12 bits per heavy atom. The highest BCUT2D eigenvalue weighted by Crippen LogP contribution is 2.26. The highest BCUT2D eigenvalue weighted by molar-refractivity contribution is 7.89. The second-order valence-corrected chi connectivity index (χ2v) is 9.37. The molecule has 1 heterocycles. The maximum atomic E-state index is 12.4. The van der Waals surface area contributed by atoms with E-state index in [-0.39, 0.29) is 18.1 Å². The zero-order valence-electron chi connectivity index (χ0n) is 18.6. The molecule has 0 radical (unpaired) electrons. The maximum Gasteiger partial charge on any atom is 0.344 e. The second-order valence-electron chi connectivity index (χ2n) is 7.22. The SMILES string of the molecule is CCCn1c(COC(=O)COc2ccccc2OC)nc2cc(S(=O)(=O)N(C)C)ccc21. The Bertz CT molecular complexity index is 1200. The standard InChI is InChI=1S/C22H27N3O6S/c1-5-12-25-18-11-10-16(32(27,28)24(2)3)13-17(18)23-21(25)14-31-22(26)15-30-20-9-7-6-8-19(20)29-4/h6-11,13H,5,12,14-15H2,1-4H3. The zero-order valence-corrected chi connectivity index (χ0v) is 19.4. The smallest absolute Gasteiger partial charge is 0.344 e. The van der Waals surface area contributed by atoms with Crippen molar-refractivity contribution in [2.45, 2.75) is 31.4 Å². The van der Waals surface area contributed by atoms with Gasteiger partial charge in [-0.1, -0.05) is 19.1 Å². The van der Waals surface area contributed by atoms with Gasteiger partial charge in [0.15, 0.2) is 18.1 Å². The summed E-state index contributed by atoms with van der Waals surface area (Å²) >= 11 is 0. The molecule has 1 aromatic heterocycles. The van der Waals surface area contributed by atoms with Gasteiger partial charge in [-0.3, -0.25) is 0 Å². The van der Waals surface area contributed by atoms with Crippen molar-refractivity contribution in [2.24, 2.45) is 0 Å². The molecule has 0 spiro atoms. The molecule has 0 atom stereocenters. The monoisotopic (exact) mass is 461 g/mol. The average Bonchev–Trinajstić information content (AvgIpc) is 3.13. The number of aryl methyl sites for hydroxylation is 1. The molecule has 9 nitrogen and oxygen atoms in total. The molecule has 32 heavy (non-hydrogen) atoms. The van der Waals surface area contributed by atoms with E-state index in [1.54, 1.807) is 36.4 Å². The number of methoxy groups -OCH3 is 1. The third-order valence-electron chi connectivity index (χ3n) is 4.80. The predicted octanol–water partition coefficient (Wildman–Crippen LogP) is 2.83. The highest BCUT2D eigenvalue weighted by atomic mass is 32.2. The van der Waals surface area contributed by atoms with Crippen LogP contribution in [0.2, 0.25) is 0 Å². The number of ether oxygens (including phenoxy) is 3. The molecule has 0 N–H and O–H groups in total. The van der Waals surface area contributed by atoms with Crippen LogP contribution in [-0.4, -0.2) is 56.1 Å². The molecule has 0 unspecified atom stereocenters. The lowest BCUT2D eigenvalue weighted by molar-refractivity contribution is -0.147. The van der Waals surface area contributed by atoms with Crippen LogP contribution < -0.4 is 9.47 Å². The zero-order chi connectivity index (χ0) is 23.3. The summed E-state index contributed by atoms with van der Waals surface area (Å²) in [4.78, 5) is 16.9. The summed E-state index contributed by atoms with van der Waals surface area (Å²) in [5, 5.41) is 0. The van der Waals surface area contributed by atoms with Crippen LogP contribution in [0.15, 0.2) is 47.4 Å². The van der Waals surface area contributed by atoms with Gasteiger partial charge in [-0.2, -0.15) is 0 Å². The molecule has 0 amide bonds. The number of carbonyl (C=O) groups excluding carboxylic acids is 1. The second kappa shape index (κ2) is 10.0. The van der Waals surface area contributed by atoms with Gasteiger partial charge in [0.1, 0.15) is 12.4 Å². The molecule has 0 saturated heterocycles. The van der Waals surface area contributed by atoms with E-state index in [1.165, 1.54) is 27.3 Å². The van der Waals surface area contributed by atoms with Crippen molar-refractivity contribution >= 4 is 27.0 Å². The molecule has 0 saturated carbocycles. The lowest BCUT2D eigenvalue weighted by Crippen LogP contribution is -2.22. The van der Waals surface area contributed by atoms with Crippen molar-refractivity contribution in [1.29, 1.82) is 0 Å². The first-order chi connectivity index (χ1) is 15.3. The first-order valence-corrected chi connectivity index (χ1v) is 11.5. The number of para-hydroxylation sites is 2. The first-order valence-electron chi connectivity index (χ1n) is 10.1. The molecule has 0 fully saturated rings. The topological polar surface area (TPSA) is 100.0 Å². The summed E-state index contributed by atoms with van der Waals surface area (Å²) in [6, 6.07) is 11.8. The third-order valence-corrected chi connectivity index (χ3v) is 6.61. The van der Waals surface area contributed by atoms with Gasteiger partial charge in [-0.15, -0.1) is 0 Å². The van der Waals surface area contributed by atoms with Crippen LogP contribution in [0.25, 0.3) is 11.0 Å². The number of carbonyl (C=O) groups is 1. The number of aromatic nitrogens is 2. The summed E-state index contributed by atoms with van der Waals surface area (Å²) in [7, 11) is 0.903. The van der Waals surface area contributed by atoms with Gasteiger partial charge in [0.2, 0.25) is 10.0 Å². The molecule has 2 aromatic carbocycles. The summed E-state index contributed by atoms with van der Waals surface area (Å²) in [5.74, 6) is 0.946. The number of benzene rings is 2. The van der Waals surface area contributed by atoms with E-state index in [0.717, 1.165) is 16.2 Å². The predicted molar refractivity (Wildman–Crippen MR) is 119 cm³/mol. The molecule has 0 aliphatic carbocycles. The first kappa shape index (κ1) is 23.6. The summed E-state index contributed by atoms with van der Waals surface area (Å²) < 4.78 is 44.0. The van der Waals surface area contributed by atoms with Crippen LogP contribution in [0.3, 0.4) is 0 Å². The normalized spacial score (nSPS) is 11.7. The molecule has 3 aromatic rings. The van der Waals surface area contributed by atoms with E-state index < -0.39 is 16.0 Å². The van der Waals surface area contributed by atoms with Gasteiger partial charge < -0.3 is 18.8 Å². The van der Waals surface area contributed by atoms with Crippen LogP contribution in [-0.2, 0) is 32.7 Å². The lowest BCUT2D eigenvalue weighted by atomic mass is 10.3.